The van der Waals surface area contributed by atoms with E-state index in [4.69, 9.17) is 16.3 Å². The molecule has 1 aliphatic rings. The molecule has 1 aliphatic heterocycles. The van der Waals surface area contributed by atoms with Crippen molar-refractivity contribution in [2.45, 2.75) is 31.4 Å². The number of aromatic amines is 1. The number of aliphatic hydroxyl groups excluding tert-OH is 1. The number of aliphatic hydroxyl groups is 1. The van der Waals surface area contributed by atoms with Crippen LogP contribution in [0.4, 0.5) is 5.82 Å². The van der Waals surface area contributed by atoms with E-state index in [9.17, 15) is 14.7 Å². The summed E-state index contributed by atoms with van der Waals surface area (Å²) in [7, 11) is 0. The van der Waals surface area contributed by atoms with Gasteiger partial charge in [-0.05, 0) is 42.7 Å². The lowest BCUT2D eigenvalue weighted by Gasteiger charge is -2.29. The van der Waals surface area contributed by atoms with Crippen LogP contribution in [0.25, 0.3) is 11.0 Å². The first-order chi connectivity index (χ1) is 17.5. The maximum absolute atomic E-state index is 13.5. The lowest BCUT2D eigenvalue weighted by atomic mass is 9.99. The monoisotopic (exact) mass is 505 g/mol. The summed E-state index contributed by atoms with van der Waals surface area (Å²) >= 11 is 6.50. The Bertz CT molecular complexity index is 1400. The summed E-state index contributed by atoms with van der Waals surface area (Å²) in [5.41, 5.74) is 2.29. The minimum Gasteiger partial charge on any atom is -0.394 e. The lowest BCUT2D eigenvalue weighted by molar-refractivity contribution is -0.0224. The molecule has 4 aromatic rings. The van der Waals surface area contributed by atoms with Gasteiger partial charge in [-0.3, -0.25) is 14.6 Å². The van der Waals surface area contributed by atoms with Crippen LogP contribution in [0.1, 0.15) is 44.8 Å². The van der Waals surface area contributed by atoms with Gasteiger partial charge >= 0.3 is 0 Å². The van der Waals surface area contributed by atoms with Gasteiger partial charge in [0.05, 0.1) is 41.3 Å². The largest absolute Gasteiger partial charge is 0.394 e. The van der Waals surface area contributed by atoms with Gasteiger partial charge in [-0.25, -0.2) is 9.97 Å². The predicted molar refractivity (Wildman–Crippen MR) is 135 cm³/mol. The second-order valence-electron chi connectivity index (χ2n) is 8.66. The van der Waals surface area contributed by atoms with Crippen LogP contribution in [0.15, 0.2) is 55.1 Å². The first kappa shape index (κ1) is 24.1. The summed E-state index contributed by atoms with van der Waals surface area (Å²) in [6.07, 6.45) is 6.10. The van der Waals surface area contributed by atoms with Crippen LogP contribution >= 0.6 is 11.6 Å². The van der Waals surface area contributed by atoms with Crippen LogP contribution in [0.3, 0.4) is 0 Å². The summed E-state index contributed by atoms with van der Waals surface area (Å²) in [6.45, 7) is 0.423. The van der Waals surface area contributed by atoms with Gasteiger partial charge < -0.3 is 20.1 Å². The Morgan fingerprint density at radius 3 is 2.75 bits per heavy atom. The Balaban J connectivity index is 1.38. The van der Waals surface area contributed by atoms with E-state index in [1.54, 1.807) is 48.8 Å². The summed E-state index contributed by atoms with van der Waals surface area (Å²) < 4.78 is 5.66. The molecule has 1 saturated heterocycles. The third-order valence-corrected chi connectivity index (χ3v) is 6.54. The van der Waals surface area contributed by atoms with Crippen molar-refractivity contribution in [2.75, 3.05) is 18.5 Å². The molecular formula is C26H24ClN5O4. The minimum atomic E-state index is -0.285. The number of pyridine rings is 1. The molecule has 0 aliphatic carbocycles. The van der Waals surface area contributed by atoms with Gasteiger partial charge in [0.15, 0.2) is 11.6 Å². The summed E-state index contributed by atoms with van der Waals surface area (Å²) in [5.74, 6) is 0.105. The van der Waals surface area contributed by atoms with E-state index >= 15 is 0 Å². The molecule has 0 unspecified atom stereocenters. The highest BCUT2D eigenvalue weighted by Gasteiger charge is 2.25. The third kappa shape index (κ3) is 4.99. The smallest absolute Gasteiger partial charge is 0.196 e. The highest BCUT2D eigenvalue weighted by atomic mass is 35.5. The number of halogens is 1. The van der Waals surface area contributed by atoms with Gasteiger partial charge in [-0.1, -0.05) is 23.7 Å². The summed E-state index contributed by atoms with van der Waals surface area (Å²) in [5, 5.41) is 13.5. The molecule has 1 aromatic carbocycles. The zero-order valence-electron chi connectivity index (χ0n) is 19.3. The lowest BCUT2D eigenvalue weighted by Crippen LogP contribution is -2.36. The Kier molecular flexibility index (Phi) is 7.04. The van der Waals surface area contributed by atoms with E-state index in [0.29, 0.717) is 45.8 Å². The van der Waals surface area contributed by atoms with Crippen LogP contribution in [-0.2, 0) is 11.2 Å². The van der Waals surface area contributed by atoms with Gasteiger partial charge in [0.1, 0.15) is 23.5 Å². The van der Waals surface area contributed by atoms with Gasteiger partial charge in [-0.15, -0.1) is 0 Å². The molecule has 0 saturated carbocycles. The molecule has 0 bridgehead atoms. The van der Waals surface area contributed by atoms with E-state index in [1.807, 2.05) is 0 Å². The van der Waals surface area contributed by atoms with Gasteiger partial charge in [-0.2, -0.15) is 0 Å². The van der Waals surface area contributed by atoms with Crippen molar-refractivity contribution in [3.8, 4) is 0 Å². The number of anilines is 1. The van der Waals surface area contributed by atoms with Crippen molar-refractivity contribution >= 4 is 40.0 Å². The standard InChI is InChI=1S/C26H24ClN5O4/c27-20-9-15(10-22(34)21-3-1-2-8-28-21)4-7-18(20)24(35)19-11-29-25-23(19)26(31-14-30-25)32-16-5-6-17(12-33)36-13-16/h1-4,7-9,11,14,16-17,33H,5-6,10,12-13H2,(H2,29,30,31,32)/t16-,17+/m0/s1. The van der Waals surface area contributed by atoms with Crippen LogP contribution in [0.2, 0.25) is 5.02 Å². The maximum atomic E-state index is 13.5. The zero-order valence-corrected chi connectivity index (χ0v) is 20.0. The Labute approximate surface area is 211 Å². The molecule has 1 fully saturated rings. The number of carbonyl (C=O) groups is 2. The van der Waals surface area contributed by atoms with E-state index in [-0.39, 0.29) is 41.8 Å². The average Bonchev–Trinajstić information content (AvgIpc) is 3.35. The number of nitrogens with one attached hydrogen (secondary N) is 2. The highest BCUT2D eigenvalue weighted by Crippen LogP contribution is 2.30. The average molecular weight is 506 g/mol. The number of hydrogen-bond donors (Lipinski definition) is 3. The Hall–Kier alpha value is -3.66. The van der Waals surface area contributed by atoms with E-state index < -0.39 is 0 Å². The molecule has 3 N–H and O–H groups in total. The van der Waals surface area contributed by atoms with E-state index in [1.165, 1.54) is 6.33 Å². The molecule has 5 rings (SSSR count). The predicted octanol–water partition coefficient (Wildman–Crippen LogP) is 3.61. The second kappa shape index (κ2) is 10.5. The third-order valence-electron chi connectivity index (χ3n) is 6.22. The number of ether oxygens (including phenoxy) is 1. The summed E-state index contributed by atoms with van der Waals surface area (Å²) in [6, 6.07) is 10.2. The first-order valence-electron chi connectivity index (χ1n) is 11.6. The quantitative estimate of drug-likeness (QED) is 0.309. The van der Waals surface area contributed by atoms with Crippen molar-refractivity contribution in [1.29, 1.82) is 0 Å². The van der Waals surface area contributed by atoms with Crippen molar-refractivity contribution < 1.29 is 19.4 Å². The maximum Gasteiger partial charge on any atom is 0.196 e. The fourth-order valence-electron chi connectivity index (χ4n) is 4.31. The number of carbonyl (C=O) groups excluding carboxylic acids is 2. The van der Waals surface area contributed by atoms with Crippen LogP contribution in [0, 0.1) is 0 Å². The number of fused-ring (bicyclic) bond motifs is 1. The molecule has 2 atom stereocenters. The van der Waals surface area contributed by atoms with Crippen molar-refractivity contribution in [2.24, 2.45) is 0 Å². The number of ketones is 2. The Morgan fingerprint density at radius 1 is 1.14 bits per heavy atom. The first-order valence-corrected chi connectivity index (χ1v) is 12.0. The van der Waals surface area contributed by atoms with Crippen LogP contribution in [0.5, 0.6) is 0 Å². The molecule has 10 heteroatoms. The zero-order chi connectivity index (χ0) is 25.1. The molecular weight excluding hydrogens is 482 g/mol. The highest BCUT2D eigenvalue weighted by molar-refractivity contribution is 6.35. The van der Waals surface area contributed by atoms with Crippen LogP contribution < -0.4 is 5.32 Å². The number of H-pyrrole nitrogens is 1. The SMILES string of the molecule is O=C(Cc1ccc(C(=O)c2c[nH]c3ncnc(N[C@H]4CC[C@H](CO)OC4)c23)c(Cl)c1)c1ccccn1. The van der Waals surface area contributed by atoms with Gasteiger partial charge in [0.2, 0.25) is 0 Å². The number of hydrogen-bond acceptors (Lipinski definition) is 8. The van der Waals surface area contributed by atoms with Gasteiger partial charge in [0, 0.05) is 24.4 Å². The fraction of sp³-hybridized carbons (Fsp3) is 0.269. The van der Waals surface area contributed by atoms with Crippen molar-refractivity contribution in [3.63, 3.8) is 0 Å². The fourth-order valence-corrected chi connectivity index (χ4v) is 4.60. The number of aromatic nitrogens is 4. The molecule has 36 heavy (non-hydrogen) atoms. The topological polar surface area (TPSA) is 130 Å². The van der Waals surface area contributed by atoms with E-state index in [0.717, 1.165) is 12.8 Å². The molecule has 0 spiro atoms. The number of benzene rings is 1. The molecule has 0 radical (unpaired) electrons. The van der Waals surface area contributed by atoms with Crippen molar-refractivity contribution in [1.82, 2.24) is 19.9 Å². The summed E-state index contributed by atoms with van der Waals surface area (Å²) in [4.78, 5) is 41.8. The number of nitrogens with zero attached hydrogens (tertiary/aromatic N) is 3. The molecule has 4 heterocycles. The van der Waals surface area contributed by atoms with Crippen molar-refractivity contribution in [3.05, 3.63) is 82.5 Å². The molecule has 9 nitrogen and oxygen atoms in total. The molecule has 184 valence electrons. The minimum absolute atomic E-state index is 0.00220. The van der Waals surface area contributed by atoms with Crippen LogP contribution in [-0.4, -0.2) is 62.0 Å². The second-order valence-corrected chi connectivity index (χ2v) is 9.07. The number of rotatable bonds is 8. The number of Topliss-reactive ketones (excluding diaryl/α,β-unsaturated/α-hetero) is 1. The van der Waals surface area contributed by atoms with Gasteiger partial charge in [0.25, 0.3) is 0 Å². The molecule has 0 amide bonds. The normalized spacial score (nSPS) is 17.7. The van der Waals surface area contributed by atoms with E-state index in [2.05, 4.69) is 25.3 Å². The molecule has 3 aromatic heterocycles. The Morgan fingerprint density at radius 2 is 2.03 bits per heavy atom.